The van der Waals surface area contributed by atoms with Gasteiger partial charge in [-0.05, 0) is 57.9 Å². The zero-order valence-electron chi connectivity index (χ0n) is 13.1. The van der Waals surface area contributed by atoms with Crippen LogP contribution >= 0.6 is 11.3 Å². The molecule has 1 aromatic carbocycles. The number of thiazole rings is 1. The topological polar surface area (TPSA) is 54.0 Å². The molecule has 0 bridgehead atoms. The summed E-state index contributed by atoms with van der Waals surface area (Å²) in [6.45, 7) is 10.0. The van der Waals surface area contributed by atoms with Gasteiger partial charge in [0.1, 0.15) is 5.69 Å². The summed E-state index contributed by atoms with van der Waals surface area (Å²) in [6.07, 6.45) is 0. The first-order valence-electron chi connectivity index (χ1n) is 6.87. The van der Waals surface area contributed by atoms with Crippen LogP contribution in [0.2, 0.25) is 0 Å². The molecule has 4 nitrogen and oxygen atoms in total. The smallest absolute Gasteiger partial charge is 0.271 e. The van der Waals surface area contributed by atoms with E-state index in [1.165, 1.54) is 22.5 Å². The Labute approximate surface area is 129 Å². The predicted octanol–water partition coefficient (Wildman–Crippen LogP) is 4.03. The van der Waals surface area contributed by atoms with Crippen molar-refractivity contribution in [2.75, 3.05) is 5.32 Å². The van der Waals surface area contributed by atoms with Gasteiger partial charge in [-0.2, -0.15) is 0 Å². The highest BCUT2D eigenvalue weighted by molar-refractivity contribution is 7.14. The Morgan fingerprint density at radius 3 is 2.52 bits per heavy atom. The molecule has 1 amide bonds. The molecule has 2 N–H and O–H groups in total. The van der Waals surface area contributed by atoms with E-state index in [0.29, 0.717) is 5.69 Å². The Balaban J connectivity index is 2.09. The zero-order chi connectivity index (χ0) is 15.6. The molecule has 0 aliphatic rings. The number of carbonyl (C=O) groups excluding carboxylic acids is 1. The van der Waals surface area contributed by atoms with Crippen LogP contribution in [-0.2, 0) is 0 Å². The third kappa shape index (κ3) is 4.29. The molecule has 0 atom stereocenters. The van der Waals surface area contributed by atoms with Gasteiger partial charge in [-0.15, -0.1) is 11.3 Å². The highest BCUT2D eigenvalue weighted by Gasteiger charge is 2.17. The number of nitrogens with one attached hydrogen (secondary N) is 2. The maximum absolute atomic E-state index is 12.0. The minimum absolute atomic E-state index is 0.146. The van der Waals surface area contributed by atoms with Crippen LogP contribution in [0.5, 0.6) is 0 Å². The van der Waals surface area contributed by atoms with Crippen LogP contribution in [-0.4, -0.2) is 16.4 Å². The first-order chi connectivity index (χ1) is 9.74. The Hall–Kier alpha value is -1.88. The summed E-state index contributed by atoms with van der Waals surface area (Å²) in [6, 6.07) is 6.16. The maximum atomic E-state index is 12.0. The number of hydrogen-bond donors (Lipinski definition) is 2. The van der Waals surface area contributed by atoms with Crippen LogP contribution < -0.4 is 10.6 Å². The maximum Gasteiger partial charge on any atom is 0.271 e. The fraction of sp³-hybridized carbons (Fsp3) is 0.375. The first kappa shape index (κ1) is 15.5. The lowest BCUT2D eigenvalue weighted by Crippen LogP contribution is -2.40. The van der Waals surface area contributed by atoms with Gasteiger partial charge in [0.05, 0.1) is 0 Å². The van der Waals surface area contributed by atoms with Crippen molar-refractivity contribution in [2.24, 2.45) is 0 Å². The second-order valence-corrected chi connectivity index (χ2v) is 7.02. The third-order valence-electron chi connectivity index (χ3n) is 2.98. The van der Waals surface area contributed by atoms with Crippen LogP contribution in [0.4, 0.5) is 10.8 Å². The monoisotopic (exact) mass is 303 g/mol. The van der Waals surface area contributed by atoms with Crippen molar-refractivity contribution >= 4 is 28.1 Å². The van der Waals surface area contributed by atoms with E-state index in [1.54, 1.807) is 5.38 Å². The van der Waals surface area contributed by atoms with Gasteiger partial charge in [0.2, 0.25) is 0 Å². The summed E-state index contributed by atoms with van der Waals surface area (Å²) in [5.41, 5.74) is 3.64. The third-order valence-corrected chi connectivity index (χ3v) is 3.74. The SMILES string of the molecule is Cc1ccc(Nc2nc(C(=O)NC(C)(C)C)cs2)cc1C. The van der Waals surface area contributed by atoms with E-state index in [0.717, 1.165) is 10.8 Å². The number of amides is 1. The largest absolute Gasteiger partial charge is 0.346 e. The van der Waals surface area contributed by atoms with Gasteiger partial charge in [-0.25, -0.2) is 4.98 Å². The molecule has 0 saturated carbocycles. The van der Waals surface area contributed by atoms with Crippen molar-refractivity contribution in [2.45, 2.75) is 40.2 Å². The molecular weight excluding hydrogens is 282 g/mol. The average Bonchev–Trinajstić information content (AvgIpc) is 2.80. The Kier molecular flexibility index (Phi) is 4.32. The van der Waals surface area contributed by atoms with Crippen molar-refractivity contribution in [1.29, 1.82) is 0 Å². The molecule has 2 aromatic rings. The van der Waals surface area contributed by atoms with Crippen LogP contribution in [0.25, 0.3) is 0 Å². The summed E-state index contributed by atoms with van der Waals surface area (Å²) in [5.74, 6) is -0.146. The summed E-state index contributed by atoms with van der Waals surface area (Å²) in [4.78, 5) is 16.4. The molecule has 0 spiro atoms. The van der Waals surface area contributed by atoms with E-state index in [4.69, 9.17) is 0 Å². The number of aromatic nitrogens is 1. The lowest BCUT2D eigenvalue weighted by molar-refractivity contribution is 0.0915. The van der Waals surface area contributed by atoms with E-state index in [2.05, 4.69) is 41.6 Å². The van der Waals surface area contributed by atoms with Gasteiger partial charge in [-0.1, -0.05) is 6.07 Å². The van der Waals surface area contributed by atoms with Crippen LogP contribution in [0.1, 0.15) is 42.4 Å². The van der Waals surface area contributed by atoms with Crippen LogP contribution in [0, 0.1) is 13.8 Å². The van der Waals surface area contributed by atoms with E-state index in [1.807, 2.05) is 26.8 Å². The molecule has 0 fully saturated rings. The van der Waals surface area contributed by atoms with Gasteiger partial charge in [0.15, 0.2) is 5.13 Å². The first-order valence-corrected chi connectivity index (χ1v) is 7.75. The Morgan fingerprint density at radius 2 is 1.90 bits per heavy atom. The van der Waals surface area contributed by atoms with Crippen LogP contribution in [0.15, 0.2) is 23.6 Å². The van der Waals surface area contributed by atoms with Gasteiger partial charge in [0, 0.05) is 16.6 Å². The molecule has 112 valence electrons. The number of nitrogens with zero attached hydrogens (tertiary/aromatic N) is 1. The van der Waals surface area contributed by atoms with E-state index in [-0.39, 0.29) is 11.4 Å². The molecule has 0 radical (unpaired) electrons. The minimum Gasteiger partial charge on any atom is -0.346 e. The standard InChI is InChI=1S/C16H21N3OS/c1-10-6-7-12(8-11(10)2)17-15-18-13(9-21-15)14(20)19-16(3,4)5/h6-9H,1-5H3,(H,17,18)(H,19,20). The van der Waals surface area contributed by atoms with Gasteiger partial charge >= 0.3 is 0 Å². The molecule has 2 rings (SSSR count). The van der Waals surface area contributed by atoms with Crippen LogP contribution in [0.3, 0.4) is 0 Å². The van der Waals surface area contributed by atoms with Gasteiger partial charge in [-0.3, -0.25) is 4.79 Å². The van der Waals surface area contributed by atoms with Crippen molar-refractivity contribution in [3.8, 4) is 0 Å². The molecular formula is C16H21N3OS. The normalized spacial score (nSPS) is 11.3. The lowest BCUT2D eigenvalue weighted by atomic mass is 10.1. The van der Waals surface area contributed by atoms with Crippen molar-refractivity contribution < 1.29 is 4.79 Å². The molecule has 0 aliphatic carbocycles. The number of aryl methyl sites for hydroxylation is 2. The highest BCUT2D eigenvalue weighted by atomic mass is 32.1. The lowest BCUT2D eigenvalue weighted by Gasteiger charge is -2.19. The molecule has 21 heavy (non-hydrogen) atoms. The molecule has 0 aliphatic heterocycles. The quantitative estimate of drug-likeness (QED) is 0.900. The molecule has 1 aromatic heterocycles. The minimum atomic E-state index is -0.262. The second-order valence-electron chi connectivity index (χ2n) is 6.17. The summed E-state index contributed by atoms with van der Waals surface area (Å²) in [5, 5.41) is 8.63. The number of benzene rings is 1. The number of rotatable bonds is 3. The molecule has 5 heteroatoms. The summed E-state index contributed by atoms with van der Waals surface area (Å²) in [7, 11) is 0. The average molecular weight is 303 g/mol. The Morgan fingerprint density at radius 1 is 1.19 bits per heavy atom. The molecule has 0 saturated heterocycles. The van der Waals surface area contributed by atoms with Crippen molar-refractivity contribution in [3.05, 3.63) is 40.4 Å². The summed E-state index contributed by atoms with van der Waals surface area (Å²) < 4.78 is 0. The number of carbonyl (C=O) groups is 1. The molecule has 0 unspecified atom stereocenters. The number of anilines is 2. The van der Waals surface area contributed by atoms with Crippen molar-refractivity contribution in [3.63, 3.8) is 0 Å². The second kappa shape index (κ2) is 5.85. The summed E-state index contributed by atoms with van der Waals surface area (Å²) >= 11 is 1.43. The molecule has 1 heterocycles. The Bertz CT molecular complexity index is 656. The highest BCUT2D eigenvalue weighted by Crippen LogP contribution is 2.23. The van der Waals surface area contributed by atoms with Crippen molar-refractivity contribution in [1.82, 2.24) is 10.3 Å². The van der Waals surface area contributed by atoms with Gasteiger partial charge in [0.25, 0.3) is 5.91 Å². The van der Waals surface area contributed by atoms with E-state index < -0.39 is 0 Å². The van der Waals surface area contributed by atoms with E-state index in [9.17, 15) is 4.79 Å². The van der Waals surface area contributed by atoms with Gasteiger partial charge < -0.3 is 10.6 Å². The van der Waals surface area contributed by atoms with E-state index >= 15 is 0 Å². The fourth-order valence-electron chi connectivity index (χ4n) is 1.78. The zero-order valence-corrected chi connectivity index (χ0v) is 13.9. The number of hydrogen-bond acceptors (Lipinski definition) is 4. The fourth-order valence-corrected chi connectivity index (χ4v) is 2.49. The predicted molar refractivity (Wildman–Crippen MR) is 88.5 cm³/mol.